The largest absolute Gasteiger partial charge is 0.492 e. The smallest absolute Gasteiger partial charge is 0.119 e. The summed E-state index contributed by atoms with van der Waals surface area (Å²) in [4.78, 5) is 0. The van der Waals surface area contributed by atoms with Gasteiger partial charge in [-0.1, -0.05) is 73.7 Å². The first-order valence-corrected chi connectivity index (χ1v) is 9.52. The highest BCUT2D eigenvalue weighted by molar-refractivity contribution is 5.99. The third-order valence-electron chi connectivity index (χ3n) is 4.72. The molecule has 0 bridgehead atoms. The van der Waals surface area contributed by atoms with E-state index in [1.807, 2.05) is 12.1 Å². The molecule has 0 atom stereocenters. The second kappa shape index (κ2) is 9.20. The predicted molar refractivity (Wildman–Crippen MR) is 115 cm³/mol. The molecule has 0 heterocycles. The monoisotopic (exact) mass is 357 g/mol. The van der Waals surface area contributed by atoms with Crippen LogP contribution in [-0.2, 0) is 0 Å². The lowest BCUT2D eigenvalue weighted by Gasteiger charge is -2.18. The van der Waals surface area contributed by atoms with Crippen LogP contribution in [0.2, 0.25) is 0 Å². The van der Waals surface area contributed by atoms with Gasteiger partial charge in [-0.2, -0.15) is 0 Å². The highest BCUT2D eigenvalue weighted by atomic mass is 16.5. The van der Waals surface area contributed by atoms with Crippen molar-refractivity contribution in [3.8, 4) is 5.75 Å². The third kappa shape index (κ3) is 4.47. The number of rotatable bonds is 7. The van der Waals surface area contributed by atoms with E-state index < -0.39 is 0 Å². The molecule has 0 aromatic heterocycles. The molecule has 3 aromatic carbocycles. The molecular weight excluding hydrogens is 330 g/mol. The van der Waals surface area contributed by atoms with Crippen LogP contribution in [0.25, 0.3) is 11.1 Å². The van der Waals surface area contributed by atoms with Crippen LogP contribution in [0.1, 0.15) is 35.6 Å². The molecule has 0 saturated carbocycles. The van der Waals surface area contributed by atoms with Crippen molar-refractivity contribution in [2.75, 3.05) is 13.2 Å². The maximum atomic E-state index is 5.65. The van der Waals surface area contributed by atoms with E-state index in [4.69, 9.17) is 10.5 Å². The van der Waals surface area contributed by atoms with Crippen molar-refractivity contribution in [2.45, 2.75) is 20.3 Å². The van der Waals surface area contributed by atoms with Gasteiger partial charge in [0, 0.05) is 6.54 Å². The second-order valence-corrected chi connectivity index (χ2v) is 6.55. The van der Waals surface area contributed by atoms with Gasteiger partial charge in [0.25, 0.3) is 0 Å². The summed E-state index contributed by atoms with van der Waals surface area (Å²) in [6, 6.07) is 27.6. The molecule has 2 nitrogen and oxygen atoms in total. The van der Waals surface area contributed by atoms with Crippen molar-refractivity contribution >= 4 is 11.1 Å². The Morgan fingerprint density at radius 1 is 0.815 bits per heavy atom. The van der Waals surface area contributed by atoms with Gasteiger partial charge in [0.15, 0.2) is 0 Å². The van der Waals surface area contributed by atoms with Crippen molar-refractivity contribution < 1.29 is 4.74 Å². The molecule has 0 amide bonds. The minimum Gasteiger partial charge on any atom is -0.492 e. The highest BCUT2D eigenvalue weighted by Gasteiger charge is 2.14. The number of hydrogen-bond donors (Lipinski definition) is 1. The molecule has 27 heavy (non-hydrogen) atoms. The number of ether oxygens (including phenoxy) is 1. The molecule has 0 fully saturated rings. The first-order valence-electron chi connectivity index (χ1n) is 9.52. The third-order valence-corrected chi connectivity index (χ3v) is 4.72. The maximum Gasteiger partial charge on any atom is 0.119 e. The van der Waals surface area contributed by atoms with E-state index in [1.54, 1.807) is 0 Å². The topological polar surface area (TPSA) is 35.2 Å². The molecular formula is C25H27NO. The predicted octanol–water partition coefficient (Wildman–Crippen LogP) is 5.70. The summed E-state index contributed by atoms with van der Waals surface area (Å²) in [6.07, 6.45) is 0.959. The van der Waals surface area contributed by atoms with E-state index in [-0.39, 0.29) is 0 Å². The van der Waals surface area contributed by atoms with Crippen molar-refractivity contribution in [2.24, 2.45) is 5.73 Å². The van der Waals surface area contributed by atoms with Gasteiger partial charge in [-0.15, -0.1) is 0 Å². The zero-order chi connectivity index (χ0) is 19.1. The van der Waals surface area contributed by atoms with Gasteiger partial charge in [0.05, 0.1) is 0 Å². The van der Waals surface area contributed by atoms with Crippen LogP contribution in [0.15, 0.2) is 78.9 Å². The number of aryl methyl sites for hydroxylation is 1. The van der Waals surface area contributed by atoms with Crippen LogP contribution >= 0.6 is 0 Å². The lowest BCUT2D eigenvalue weighted by molar-refractivity contribution is 0.328. The second-order valence-electron chi connectivity index (χ2n) is 6.55. The Labute approximate surface area is 162 Å². The number of nitrogens with two attached hydrogens (primary N) is 1. The van der Waals surface area contributed by atoms with Crippen LogP contribution in [0.4, 0.5) is 0 Å². The normalized spacial score (nSPS) is 11.8. The van der Waals surface area contributed by atoms with Crippen molar-refractivity contribution in [1.82, 2.24) is 0 Å². The first kappa shape index (κ1) is 18.9. The molecule has 2 N–H and O–H groups in total. The Bertz CT molecular complexity index is 895. The average Bonchev–Trinajstić information content (AvgIpc) is 2.72. The summed E-state index contributed by atoms with van der Waals surface area (Å²) >= 11 is 0. The summed E-state index contributed by atoms with van der Waals surface area (Å²) in [7, 11) is 0. The van der Waals surface area contributed by atoms with E-state index in [0.29, 0.717) is 13.2 Å². The number of benzene rings is 3. The number of allylic oxidation sites excluding steroid dienone is 1. The van der Waals surface area contributed by atoms with Gasteiger partial charge in [-0.25, -0.2) is 0 Å². The molecule has 2 heteroatoms. The lowest BCUT2D eigenvalue weighted by atomic mass is 9.87. The van der Waals surface area contributed by atoms with Gasteiger partial charge in [0.2, 0.25) is 0 Å². The van der Waals surface area contributed by atoms with Crippen molar-refractivity contribution in [3.05, 3.63) is 101 Å². The Morgan fingerprint density at radius 2 is 1.44 bits per heavy atom. The molecule has 0 spiro atoms. The molecule has 0 aliphatic heterocycles. The fourth-order valence-corrected chi connectivity index (χ4v) is 3.43. The summed E-state index contributed by atoms with van der Waals surface area (Å²) in [5.41, 5.74) is 13.2. The summed E-state index contributed by atoms with van der Waals surface area (Å²) in [5.74, 6) is 0.852. The molecule has 0 saturated heterocycles. The zero-order valence-electron chi connectivity index (χ0n) is 16.1. The Hall–Kier alpha value is -2.84. The quantitative estimate of drug-likeness (QED) is 0.550. The van der Waals surface area contributed by atoms with Crippen molar-refractivity contribution in [3.63, 3.8) is 0 Å². The van der Waals surface area contributed by atoms with Gasteiger partial charge >= 0.3 is 0 Å². The Kier molecular flexibility index (Phi) is 6.45. The van der Waals surface area contributed by atoms with Gasteiger partial charge in [-0.3, -0.25) is 0 Å². The standard InChI is InChI=1S/C25H27NO/c1-3-23(24-12-8-7-9-19(24)2)25(20-10-5-4-6-11-20)21-13-15-22(16-14-21)27-18-17-26/h4-16H,3,17-18,26H2,1-2H3/b25-23-. The fourth-order valence-electron chi connectivity index (χ4n) is 3.43. The fraction of sp³-hybridized carbons (Fsp3) is 0.200. The molecule has 0 aliphatic carbocycles. The van der Waals surface area contributed by atoms with Crippen LogP contribution in [-0.4, -0.2) is 13.2 Å². The molecule has 0 unspecified atom stereocenters. The van der Waals surface area contributed by atoms with E-state index in [1.165, 1.54) is 33.4 Å². The van der Waals surface area contributed by atoms with Gasteiger partial charge in [0.1, 0.15) is 12.4 Å². The minimum absolute atomic E-state index is 0.518. The van der Waals surface area contributed by atoms with Gasteiger partial charge < -0.3 is 10.5 Å². The average molecular weight is 357 g/mol. The molecule has 3 aromatic rings. The van der Waals surface area contributed by atoms with Crippen LogP contribution < -0.4 is 10.5 Å². The Balaban J connectivity index is 2.16. The van der Waals surface area contributed by atoms with Crippen LogP contribution in [0.3, 0.4) is 0 Å². The van der Waals surface area contributed by atoms with Crippen LogP contribution in [0.5, 0.6) is 5.75 Å². The summed E-state index contributed by atoms with van der Waals surface area (Å²) in [5, 5.41) is 0. The Morgan fingerprint density at radius 3 is 2.07 bits per heavy atom. The van der Waals surface area contributed by atoms with E-state index >= 15 is 0 Å². The highest BCUT2D eigenvalue weighted by Crippen LogP contribution is 2.36. The molecule has 0 aliphatic rings. The summed E-state index contributed by atoms with van der Waals surface area (Å²) < 4.78 is 5.65. The molecule has 3 rings (SSSR count). The molecule has 0 radical (unpaired) electrons. The number of hydrogen-bond acceptors (Lipinski definition) is 2. The van der Waals surface area contributed by atoms with Crippen molar-refractivity contribution in [1.29, 1.82) is 0 Å². The van der Waals surface area contributed by atoms with E-state index in [0.717, 1.165) is 12.2 Å². The van der Waals surface area contributed by atoms with E-state index in [9.17, 15) is 0 Å². The first-order chi connectivity index (χ1) is 13.2. The van der Waals surface area contributed by atoms with E-state index in [2.05, 4.69) is 80.6 Å². The zero-order valence-corrected chi connectivity index (χ0v) is 16.1. The maximum absolute atomic E-state index is 5.65. The SMILES string of the molecule is CC/C(=C(\c1ccccc1)c1ccc(OCCN)cc1)c1ccccc1C. The van der Waals surface area contributed by atoms with Gasteiger partial charge in [-0.05, 0) is 58.9 Å². The summed E-state index contributed by atoms with van der Waals surface area (Å²) in [6.45, 7) is 5.45. The lowest BCUT2D eigenvalue weighted by Crippen LogP contribution is -2.10. The van der Waals surface area contributed by atoms with Crippen LogP contribution in [0, 0.1) is 6.92 Å². The minimum atomic E-state index is 0.518. The molecule has 138 valence electrons.